The number of aryl methyl sites for hydroxylation is 1. The van der Waals surface area contributed by atoms with E-state index in [1.54, 1.807) is 0 Å². The molecule has 0 spiro atoms. The largest absolute Gasteiger partial charge is 0.390 e. The topological polar surface area (TPSA) is 50.9 Å². The van der Waals surface area contributed by atoms with Gasteiger partial charge >= 0.3 is 0 Å². The maximum absolute atomic E-state index is 9.19. The third-order valence-corrected chi connectivity index (χ3v) is 2.89. The van der Waals surface area contributed by atoms with Gasteiger partial charge in [-0.2, -0.15) is 0 Å². The molecule has 1 N–H and O–H groups in total. The molecule has 1 heterocycles. The van der Waals surface area contributed by atoms with Gasteiger partial charge in [-0.05, 0) is 30.5 Å². The van der Waals surface area contributed by atoms with Crippen LogP contribution >= 0.6 is 0 Å². The van der Waals surface area contributed by atoms with Crippen LogP contribution in [0.15, 0.2) is 24.3 Å². The molecule has 0 fully saturated rings. The number of aliphatic hydroxyl groups is 1. The number of hydrogen-bond donors (Lipinski definition) is 1. The second-order valence-corrected chi connectivity index (χ2v) is 3.93. The highest BCUT2D eigenvalue weighted by Gasteiger charge is 2.11. The Balaban J connectivity index is 2.48. The average molecular weight is 231 g/mol. The van der Waals surface area contributed by atoms with Gasteiger partial charge in [-0.3, -0.25) is 0 Å². The summed E-state index contributed by atoms with van der Waals surface area (Å²) in [4.78, 5) is 0. The molecule has 0 saturated carbocycles. The summed E-state index contributed by atoms with van der Waals surface area (Å²) in [5.74, 6) is 0. The number of hydrogen-bond acceptors (Lipinski definition) is 3. The van der Waals surface area contributed by atoms with Crippen LogP contribution < -0.4 is 0 Å². The van der Waals surface area contributed by atoms with Crippen LogP contribution in [0.1, 0.15) is 30.8 Å². The summed E-state index contributed by atoms with van der Waals surface area (Å²) in [7, 11) is 0. The number of benzene rings is 1. The van der Waals surface area contributed by atoms with Crippen molar-refractivity contribution < 1.29 is 5.11 Å². The Kier molecular flexibility index (Phi) is 3.54. The third kappa shape index (κ3) is 2.22. The molecule has 0 amide bonds. The Bertz CT molecular complexity index is 505. The highest BCUT2D eigenvalue weighted by molar-refractivity contribution is 5.37. The zero-order chi connectivity index (χ0) is 12.3. The fraction of sp³-hybridized carbons (Fsp3) is 0.385. The van der Waals surface area contributed by atoms with Crippen LogP contribution in [0.2, 0.25) is 0 Å². The molecule has 4 nitrogen and oxygen atoms in total. The van der Waals surface area contributed by atoms with Crippen LogP contribution in [0, 0.1) is 0 Å². The second-order valence-electron chi connectivity index (χ2n) is 3.93. The number of aromatic nitrogens is 3. The number of rotatable bonds is 4. The lowest BCUT2D eigenvalue weighted by molar-refractivity contribution is 0.275. The minimum absolute atomic E-state index is 0.0589. The first-order chi connectivity index (χ1) is 8.30. The molecule has 17 heavy (non-hydrogen) atoms. The molecule has 0 aliphatic carbocycles. The highest BCUT2D eigenvalue weighted by Crippen LogP contribution is 2.15. The molecular weight excluding hydrogens is 214 g/mol. The van der Waals surface area contributed by atoms with E-state index in [1.165, 1.54) is 5.56 Å². The van der Waals surface area contributed by atoms with Crippen molar-refractivity contribution in [3.63, 3.8) is 0 Å². The first-order valence-corrected chi connectivity index (χ1v) is 5.93. The van der Waals surface area contributed by atoms with Gasteiger partial charge in [0.25, 0.3) is 0 Å². The number of aliphatic hydroxyl groups excluding tert-OH is 1. The fourth-order valence-corrected chi connectivity index (χ4v) is 1.92. The van der Waals surface area contributed by atoms with E-state index in [0.29, 0.717) is 5.69 Å². The predicted octanol–water partition coefficient (Wildman–Crippen LogP) is 1.88. The van der Waals surface area contributed by atoms with E-state index >= 15 is 0 Å². The Hall–Kier alpha value is -1.68. The van der Waals surface area contributed by atoms with Gasteiger partial charge < -0.3 is 5.11 Å². The van der Waals surface area contributed by atoms with Gasteiger partial charge in [-0.1, -0.05) is 31.2 Å². The van der Waals surface area contributed by atoms with Crippen molar-refractivity contribution in [1.29, 1.82) is 0 Å². The normalized spacial score (nSPS) is 10.8. The van der Waals surface area contributed by atoms with E-state index < -0.39 is 0 Å². The van der Waals surface area contributed by atoms with Crippen LogP contribution in [0.4, 0.5) is 0 Å². The highest BCUT2D eigenvalue weighted by atomic mass is 16.3. The van der Waals surface area contributed by atoms with E-state index in [-0.39, 0.29) is 6.61 Å². The summed E-state index contributed by atoms with van der Waals surface area (Å²) in [5.41, 5.74) is 3.91. The van der Waals surface area contributed by atoms with Crippen molar-refractivity contribution in [3.8, 4) is 5.69 Å². The maximum atomic E-state index is 9.19. The molecule has 0 radical (unpaired) electrons. The lowest BCUT2D eigenvalue weighted by Gasteiger charge is -2.06. The van der Waals surface area contributed by atoms with Crippen LogP contribution in [0.25, 0.3) is 5.69 Å². The fourth-order valence-electron chi connectivity index (χ4n) is 1.92. The van der Waals surface area contributed by atoms with E-state index in [9.17, 15) is 5.11 Å². The Morgan fingerprint density at radius 2 is 2.06 bits per heavy atom. The molecule has 1 aromatic heterocycles. The van der Waals surface area contributed by atoms with Crippen molar-refractivity contribution in [2.45, 2.75) is 33.3 Å². The van der Waals surface area contributed by atoms with E-state index in [1.807, 2.05) is 23.7 Å². The summed E-state index contributed by atoms with van der Waals surface area (Å²) in [6.07, 6.45) is 1.80. The van der Waals surface area contributed by atoms with Crippen LogP contribution in [0.3, 0.4) is 0 Å². The first-order valence-electron chi connectivity index (χ1n) is 5.93. The summed E-state index contributed by atoms with van der Waals surface area (Å²) >= 11 is 0. The standard InChI is InChI=1S/C13H17N3O/c1-3-10-6-5-7-11(8-10)16-13(4-2)12(9-17)14-15-16/h5-8,17H,3-4,9H2,1-2H3. The maximum Gasteiger partial charge on any atom is 0.112 e. The van der Waals surface area contributed by atoms with Gasteiger partial charge in [0.1, 0.15) is 5.69 Å². The van der Waals surface area contributed by atoms with Crippen molar-refractivity contribution in [2.24, 2.45) is 0 Å². The molecule has 90 valence electrons. The molecule has 0 aliphatic rings. The third-order valence-electron chi connectivity index (χ3n) is 2.89. The zero-order valence-electron chi connectivity index (χ0n) is 10.2. The molecule has 2 rings (SSSR count). The van der Waals surface area contributed by atoms with Gasteiger partial charge in [-0.25, -0.2) is 4.68 Å². The van der Waals surface area contributed by atoms with Crippen molar-refractivity contribution >= 4 is 0 Å². The molecule has 0 atom stereocenters. The molecule has 0 saturated heterocycles. The van der Waals surface area contributed by atoms with E-state index in [4.69, 9.17) is 0 Å². The Morgan fingerprint density at radius 3 is 2.71 bits per heavy atom. The molecular formula is C13H17N3O. The molecule has 0 aliphatic heterocycles. The Labute approximate surface area is 101 Å². The summed E-state index contributed by atoms with van der Waals surface area (Å²) in [6.45, 7) is 4.11. The molecule has 4 heteroatoms. The zero-order valence-corrected chi connectivity index (χ0v) is 10.2. The first kappa shape index (κ1) is 11.8. The van der Waals surface area contributed by atoms with Crippen LogP contribution in [0.5, 0.6) is 0 Å². The molecule has 1 aromatic carbocycles. The van der Waals surface area contributed by atoms with Gasteiger partial charge in [-0.15, -0.1) is 5.10 Å². The molecule has 0 bridgehead atoms. The van der Waals surface area contributed by atoms with Gasteiger partial charge in [0.15, 0.2) is 0 Å². The monoisotopic (exact) mass is 231 g/mol. The van der Waals surface area contributed by atoms with Crippen LogP contribution in [-0.4, -0.2) is 20.1 Å². The SMILES string of the molecule is CCc1cccc(-n2nnc(CO)c2CC)c1. The van der Waals surface area contributed by atoms with Gasteiger partial charge in [0.05, 0.1) is 18.0 Å². The average Bonchev–Trinajstić information content (AvgIpc) is 2.81. The van der Waals surface area contributed by atoms with Crippen molar-refractivity contribution in [2.75, 3.05) is 0 Å². The molecule has 0 unspecified atom stereocenters. The summed E-state index contributed by atoms with van der Waals surface area (Å²) < 4.78 is 1.81. The van der Waals surface area contributed by atoms with Crippen LogP contribution in [-0.2, 0) is 19.4 Å². The minimum atomic E-state index is -0.0589. The number of nitrogens with zero attached hydrogens (tertiary/aromatic N) is 3. The van der Waals surface area contributed by atoms with Gasteiger partial charge in [0.2, 0.25) is 0 Å². The lowest BCUT2D eigenvalue weighted by atomic mass is 10.1. The minimum Gasteiger partial charge on any atom is -0.390 e. The van der Waals surface area contributed by atoms with E-state index in [0.717, 1.165) is 24.2 Å². The predicted molar refractivity (Wildman–Crippen MR) is 66.0 cm³/mol. The second kappa shape index (κ2) is 5.10. The lowest BCUT2D eigenvalue weighted by Crippen LogP contribution is -2.03. The summed E-state index contributed by atoms with van der Waals surface area (Å²) in [6, 6.07) is 8.23. The van der Waals surface area contributed by atoms with Crippen molar-refractivity contribution in [1.82, 2.24) is 15.0 Å². The van der Waals surface area contributed by atoms with Crippen molar-refractivity contribution in [3.05, 3.63) is 41.2 Å². The Morgan fingerprint density at radius 1 is 1.24 bits per heavy atom. The quantitative estimate of drug-likeness (QED) is 0.874. The smallest absolute Gasteiger partial charge is 0.112 e. The van der Waals surface area contributed by atoms with E-state index in [2.05, 4.69) is 29.4 Å². The summed E-state index contributed by atoms with van der Waals surface area (Å²) in [5, 5.41) is 17.3. The molecule has 2 aromatic rings. The van der Waals surface area contributed by atoms with Gasteiger partial charge in [0, 0.05) is 0 Å².